The van der Waals surface area contributed by atoms with Crippen molar-refractivity contribution < 1.29 is 9.59 Å². The van der Waals surface area contributed by atoms with Gasteiger partial charge in [0.15, 0.2) is 0 Å². The van der Waals surface area contributed by atoms with Gasteiger partial charge >= 0.3 is 0 Å². The van der Waals surface area contributed by atoms with E-state index >= 15 is 0 Å². The van der Waals surface area contributed by atoms with E-state index in [4.69, 9.17) is 5.73 Å². The van der Waals surface area contributed by atoms with E-state index in [0.29, 0.717) is 13.1 Å². The molecular weight excluding hydrogens is 254 g/mol. The van der Waals surface area contributed by atoms with Gasteiger partial charge < -0.3 is 15.5 Å². The molecule has 2 amide bonds. The molecule has 5 heteroatoms. The molecule has 2 N–H and O–H groups in total. The third-order valence-electron chi connectivity index (χ3n) is 4.26. The van der Waals surface area contributed by atoms with E-state index < -0.39 is 5.41 Å². The van der Waals surface area contributed by atoms with Crippen LogP contribution in [0.3, 0.4) is 0 Å². The van der Waals surface area contributed by atoms with Crippen LogP contribution in [0.4, 0.5) is 0 Å². The van der Waals surface area contributed by atoms with Gasteiger partial charge in [-0.3, -0.25) is 9.59 Å². The number of likely N-dealkylation sites (N-methyl/N-ethyl adjacent to an activating group) is 1. The smallest absolute Gasteiger partial charge is 0.241 e. The van der Waals surface area contributed by atoms with Gasteiger partial charge in [0.1, 0.15) is 0 Å². The van der Waals surface area contributed by atoms with Gasteiger partial charge in [0.2, 0.25) is 11.8 Å². The van der Waals surface area contributed by atoms with Crippen LogP contribution in [0, 0.1) is 5.41 Å². The zero-order chi connectivity index (χ0) is 15.2. The molecule has 5 nitrogen and oxygen atoms in total. The maximum atomic E-state index is 12.9. The Labute approximate surface area is 122 Å². The Hall–Kier alpha value is -1.10. The average molecular weight is 283 g/mol. The largest absolute Gasteiger partial charge is 0.344 e. The number of hydrogen-bond acceptors (Lipinski definition) is 3. The van der Waals surface area contributed by atoms with Gasteiger partial charge in [0.05, 0.1) is 12.0 Å². The first-order valence-electron chi connectivity index (χ1n) is 7.74. The predicted octanol–water partition coefficient (Wildman–Crippen LogP) is 1.22. The van der Waals surface area contributed by atoms with Gasteiger partial charge in [-0.15, -0.1) is 0 Å². The van der Waals surface area contributed by atoms with Crippen LogP contribution in [0.2, 0.25) is 0 Å². The number of carbonyl (C=O) groups excluding carboxylic acids is 2. The van der Waals surface area contributed by atoms with Crippen molar-refractivity contribution in [2.24, 2.45) is 11.1 Å². The zero-order valence-electron chi connectivity index (χ0n) is 13.2. The van der Waals surface area contributed by atoms with Gasteiger partial charge in [-0.25, -0.2) is 0 Å². The second-order valence-corrected chi connectivity index (χ2v) is 5.88. The number of carbonyl (C=O) groups is 2. The monoisotopic (exact) mass is 283 g/mol. The van der Waals surface area contributed by atoms with Crippen molar-refractivity contribution in [3.63, 3.8) is 0 Å². The molecule has 1 fully saturated rings. The number of amides is 2. The molecule has 1 aliphatic rings. The van der Waals surface area contributed by atoms with Crippen molar-refractivity contribution in [3.05, 3.63) is 0 Å². The summed E-state index contributed by atoms with van der Waals surface area (Å²) in [6, 6.07) is 0. The Balaban J connectivity index is 2.90. The molecule has 0 atom stereocenters. The first kappa shape index (κ1) is 17.0. The molecule has 116 valence electrons. The maximum absolute atomic E-state index is 12.9. The van der Waals surface area contributed by atoms with Crippen molar-refractivity contribution in [2.45, 2.75) is 46.0 Å². The molecule has 0 unspecified atom stereocenters. The molecular formula is C15H29N3O2. The Kier molecular flexibility index (Phi) is 6.46. The van der Waals surface area contributed by atoms with Crippen LogP contribution in [-0.2, 0) is 9.59 Å². The van der Waals surface area contributed by atoms with Crippen LogP contribution in [0.25, 0.3) is 0 Å². The third kappa shape index (κ3) is 3.72. The van der Waals surface area contributed by atoms with E-state index in [0.717, 1.165) is 38.6 Å². The minimum atomic E-state index is -0.479. The van der Waals surface area contributed by atoms with Crippen LogP contribution in [0.1, 0.15) is 46.0 Å². The summed E-state index contributed by atoms with van der Waals surface area (Å²) in [6.07, 6.45) is 4.32. The van der Waals surface area contributed by atoms with E-state index in [1.807, 2.05) is 0 Å². The van der Waals surface area contributed by atoms with E-state index in [9.17, 15) is 9.59 Å². The number of rotatable bonds is 6. The first-order chi connectivity index (χ1) is 9.50. The van der Waals surface area contributed by atoms with Crippen molar-refractivity contribution in [1.29, 1.82) is 0 Å². The normalized spacial score (nSPS) is 17.3. The average Bonchev–Trinajstić information content (AvgIpc) is 2.60. The van der Waals surface area contributed by atoms with Crippen molar-refractivity contribution >= 4 is 11.8 Å². The summed E-state index contributed by atoms with van der Waals surface area (Å²) in [6.45, 7) is 6.10. The van der Waals surface area contributed by atoms with Gasteiger partial charge in [-0.05, 0) is 19.3 Å². The maximum Gasteiger partial charge on any atom is 0.241 e. The van der Waals surface area contributed by atoms with Crippen molar-refractivity contribution in [2.75, 3.05) is 33.2 Å². The van der Waals surface area contributed by atoms with Gasteiger partial charge in [0.25, 0.3) is 0 Å². The Bertz CT molecular complexity index is 338. The van der Waals surface area contributed by atoms with Crippen molar-refractivity contribution in [1.82, 2.24) is 9.80 Å². The quantitative estimate of drug-likeness (QED) is 0.797. The number of nitrogens with two attached hydrogens (primary N) is 1. The zero-order valence-corrected chi connectivity index (χ0v) is 13.2. The third-order valence-corrected chi connectivity index (χ3v) is 4.26. The van der Waals surface area contributed by atoms with Crippen LogP contribution >= 0.6 is 0 Å². The van der Waals surface area contributed by atoms with E-state index in [1.165, 1.54) is 0 Å². The minimum absolute atomic E-state index is 0.0229. The summed E-state index contributed by atoms with van der Waals surface area (Å²) in [7, 11) is 1.80. The van der Waals surface area contributed by atoms with Gasteiger partial charge in [-0.2, -0.15) is 0 Å². The second-order valence-electron chi connectivity index (χ2n) is 5.88. The number of hydrogen-bond donors (Lipinski definition) is 1. The molecule has 0 saturated carbocycles. The highest BCUT2D eigenvalue weighted by Gasteiger charge is 2.39. The minimum Gasteiger partial charge on any atom is -0.344 e. The molecule has 1 rings (SSSR count). The topological polar surface area (TPSA) is 66.6 Å². The standard InChI is InChI=1S/C15H29N3O2/c1-4-7-15(12-16,8-5-2)14(20)18-10-6-9-17(3)13(19)11-18/h4-12,16H2,1-3H3. The molecule has 0 aliphatic carbocycles. The van der Waals surface area contributed by atoms with Crippen LogP contribution < -0.4 is 5.73 Å². The van der Waals surface area contributed by atoms with Crippen LogP contribution in [-0.4, -0.2) is 54.8 Å². The van der Waals surface area contributed by atoms with E-state index in [1.54, 1.807) is 16.8 Å². The Morgan fingerprint density at radius 1 is 1.25 bits per heavy atom. The molecule has 0 bridgehead atoms. The fraction of sp³-hybridized carbons (Fsp3) is 0.867. The number of nitrogens with zero attached hydrogens (tertiary/aromatic N) is 2. The lowest BCUT2D eigenvalue weighted by Gasteiger charge is -2.35. The highest BCUT2D eigenvalue weighted by atomic mass is 16.2. The molecule has 0 aromatic rings. The second kappa shape index (κ2) is 7.62. The summed E-state index contributed by atoms with van der Waals surface area (Å²) in [5.41, 5.74) is 5.47. The van der Waals surface area contributed by atoms with Gasteiger partial charge in [-0.1, -0.05) is 26.7 Å². The fourth-order valence-electron chi connectivity index (χ4n) is 3.08. The van der Waals surface area contributed by atoms with Gasteiger partial charge in [0, 0.05) is 26.7 Å². The lowest BCUT2D eigenvalue weighted by molar-refractivity contribution is -0.146. The van der Waals surface area contributed by atoms with Crippen LogP contribution in [0.5, 0.6) is 0 Å². The molecule has 0 spiro atoms. The fourth-order valence-corrected chi connectivity index (χ4v) is 3.08. The molecule has 0 aromatic carbocycles. The summed E-state index contributed by atoms with van der Waals surface area (Å²) >= 11 is 0. The Morgan fingerprint density at radius 3 is 2.35 bits per heavy atom. The van der Waals surface area contributed by atoms with Crippen LogP contribution in [0.15, 0.2) is 0 Å². The molecule has 20 heavy (non-hydrogen) atoms. The molecule has 0 aromatic heterocycles. The predicted molar refractivity (Wildman–Crippen MR) is 80.1 cm³/mol. The highest BCUT2D eigenvalue weighted by molar-refractivity contribution is 5.88. The lowest BCUT2D eigenvalue weighted by Crippen LogP contribution is -2.50. The SMILES string of the molecule is CCCC(CN)(CCC)C(=O)N1CCCN(C)C(=O)C1. The molecule has 1 aliphatic heterocycles. The molecule has 1 saturated heterocycles. The lowest BCUT2D eigenvalue weighted by atomic mass is 9.78. The highest BCUT2D eigenvalue weighted by Crippen LogP contribution is 2.31. The first-order valence-corrected chi connectivity index (χ1v) is 7.74. The van der Waals surface area contributed by atoms with Crippen molar-refractivity contribution in [3.8, 4) is 0 Å². The molecule has 0 radical (unpaired) electrons. The summed E-state index contributed by atoms with van der Waals surface area (Å²) in [5, 5.41) is 0. The summed E-state index contributed by atoms with van der Waals surface area (Å²) in [5.74, 6) is 0.0992. The Morgan fingerprint density at radius 2 is 1.85 bits per heavy atom. The summed E-state index contributed by atoms with van der Waals surface area (Å²) in [4.78, 5) is 28.3. The molecule has 1 heterocycles. The van der Waals surface area contributed by atoms with E-state index in [2.05, 4.69) is 13.8 Å². The van der Waals surface area contributed by atoms with E-state index in [-0.39, 0.29) is 18.4 Å². The summed E-state index contributed by atoms with van der Waals surface area (Å²) < 4.78 is 0.